The molecule has 1 aliphatic rings. The van der Waals surface area contributed by atoms with Gasteiger partial charge in [0.05, 0.1) is 0 Å². The van der Waals surface area contributed by atoms with E-state index in [-0.39, 0.29) is 13.3 Å². The van der Waals surface area contributed by atoms with Crippen molar-refractivity contribution in [3.05, 3.63) is 23.3 Å². The monoisotopic (exact) mass is 197 g/mol. The molecule has 1 aliphatic heterocycles. The van der Waals surface area contributed by atoms with Crippen LogP contribution in [0.4, 0.5) is 4.39 Å². The van der Waals surface area contributed by atoms with E-state index in [1.54, 1.807) is 12.1 Å². The van der Waals surface area contributed by atoms with Gasteiger partial charge in [-0.3, -0.25) is 0 Å². The van der Waals surface area contributed by atoms with E-state index < -0.39 is 6.17 Å². The molecule has 0 aliphatic carbocycles. The smallest absolute Gasteiger partial charge is 0.231 e. The molecule has 0 saturated heterocycles. The van der Waals surface area contributed by atoms with Crippen molar-refractivity contribution in [3.63, 3.8) is 0 Å². The number of ether oxygens (including phenoxy) is 2. The quantitative estimate of drug-likeness (QED) is 0.784. The van der Waals surface area contributed by atoms with Crippen LogP contribution in [0.2, 0.25) is 0 Å². The molecule has 2 rings (SSSR count). The Balaban J connectivity index is 2.42. The van der Waals surface area contributed by atoms with Crippen LogP contribution in [0.25, 0.3) is 0 Å². The summed E-state index contributed by atoms with van der Waals surface area (Å²) in [4.78, 5) is 0. The zero-order valence-corrected chi connectivity index (χ0v) is 7.92. The average Bonchev–Trinajstić information content (AvgIpc) is 2.62. The van der Waals surface area contributed by atoms with Gasteiger partial charge in [0, 0.05) is 6.54 Å². The summed E-state index contributed by atoms with van der Waals surface area (Å²) >= 11 is 0. The third-order valence-electron chi connectivity index (χ3n) is 2.31. The van der Waals surface area contributed by atoms with Crippen LogP contribution in [0.1, 0.15) is 17.3 Å². The number of alkyl halides is 1. The predicted molar refractivity (Wildman–Crippen MR) is 50.2 cm³/mol. The van der Waals surface area contributed by atoms with Crippen LogP contribution in [-0.4, -0.2) is 13.3 Å². The maximum atomic E-state index is 13.4. The molecule has 0 bridgehead atoms. The predicted octanol–water partition coefficient (Wildman–Crippen LogP) is 1.69. The largest absolute Gasteiger partial charge is 0.454 e. The lowest BCUT2D eigenvalue weighted by Crippen LogP contribution is -2.08. The van der Waals surface area contributed by atoms with Crippen molar-refractivity contribution in [1.29, 1.82) is 0 Å². The lowest BCUT2D eigenvalue weighted by atomic mass is 10.0. The van der Waals surface area contributed by atoms with Crippen LogP contribution in [0.15, 0.2) is 12.1 Å². The maximum Gasteiger partial charge on any atom is 0.231 e. The molecule has 3 nitrogen and oxygen atoms in total. The maximum absolute atomic E-state index is 13.4. The number of rotatable bonds is 2. The molecule has 4 heteroatoms. The lowest BCUT2D eigenvalue weighted by Gasteiger charge is -2.10. The Labute approximate surface area is 81.6 Å². The summed E-state index contributed by atoms with van der Waals surface area (Å²) in [5.74, 6) is 1.28. The first kappa shape index (κ1) is 9.27. The molecule has 0 amide bonds. The second-order valence-corrected chi connectivity index (χ2v) is 3.27. The Hall–Kier alpha value is -1.29. The zero-order chi connectivity index (χ0) is 10.1. The van der Waals surface area contributed by atoms with Gasteiger partial charge < -0.3 is 15.2 Å². The van der Waals surface area contributed by atoms with Gasteiger partial charge in [-0.1, -0.05) is 0 Å². The Bertz CT molecular complexity index is 354. The van der Waals surface area contributed by atoms with Crippen LogP contribution in [0.5, 0.6) is 11.5 Å². The molecule has 0 spiro atoms. The van der Waals surface area contributed by atoms with Gasteiger partial charge in [-0.15, -0.1) is 0 Å². The number of benzene rings is 1. The van der Waals surface area contributed by atoms with E-state index in [9.17, 15) is 4.39 Å². The highest BCUT2D eigenvalue weighted by Crippen LogP contribution is 2.37. The van der Waals surface area contributed by atoms with Crippen molar-refractivity contribution in [2.45, 2.75) is 13.1 Å². The number of hydrogen-bond donors (Lipinski definition) is 1. The third kappa shape index (κ3) is 1.42. The number of hydrogen-bond acceptors (Lipinski definition) is 3. The van der Waals surface area contributed by atoms with Crippen molar-refractivity contribution in [1.82, 2.24) is 0 Å². The zero-order valence-electron chi connectivity index (χ0n) is 7.92. The summed E-state index contributed by atoms with van der Waals surface area (Å²) < 4.78 is 23.7. The molecule has 0 fully saturated rings. The van der Waals surface area contributed by atoms with Gasteiger partial charge in [0.1, 0.15) is 6.17 Å². The van der Waals surface area contributed by atoms with Gasteiger partial charge in [0.2, 0.25) is 6.79 Å². The normalized spacial score (nSPS) is 15.6. The van der Waals surface area contributed by atoms with Gasteiger partial charge >= 0.3 is 0 Å². The minimum Gasteiger partial charge on any atom is -0.454 e. The molecule has 1 aromatic rings. The van der Waals surface area contributed by atoms with Crippen LogP contribution < -0.4 is 15.2 Å². The van der Waals surface area contributed by atoms with E-state index in [1.807, 2.05) is 6.92 Å². The van der Waals surface area contributed by atoms with Crippen molar-refractivity contribution in [2.24, 2.45) is 5.73 Å². The second kappa shape index (κ2) is 3.46. The highest BCUT2D eigenvalue weighted by Gasteiger charge is 2.19. The molecular weight excluding hydrogens is 185 g/mol. The Kier molecular flexibility index (Phi) is 2.29. The Morgan fingerprint density at radius 3 is 2.71 bits per heavy atom. The van der Waals surface area contributed by atoms with E-state index in [4.69, 9.17) is 15.2 Å². The summed E-state index contributed by atoms with van der Waals surface area (Å²) in [5, 5.41) is 0. The van der Waals surface area contributed by atoms with E-state index in [0.29, 0.717) is 17.1 Å². The fourth-order valence-electron chi connectivity index (χ4n) is 1.52. The highest BCUT2D eigenvalue weighted by molar-refractivity contribution is 5.49. The SMILES string of the molecule is Cc1cc2c(cc1C(F)CN)OCO2. The molecule has 1 unspecified atom stereocenters. The van der Waals surface area contributed by atoms with Crippen LogP contribution >= 0.6 is 0 Å². The van der Waals surface area contributed by atoms with E-state index in [2.05, 4.69) is 0 Å². The molecule has 76 valence electrons. The van der Waals surface area contributed by atoms with Gasteiger partial charge in [0.15, 0.2) is 11.5 Å². The lowest BCUT2D eigenvalue weighted by molar-refractivity contribution is 0.174. The fourth-order valence-corrected chi connectivity index (χ4v) is 1.52. The summed E-state index contributed by atoms with van der Waals surface area (Å²) in [6, 6.07) is 3.44. The van der Waals surface area contributed by atoms with E-state index >= 15 is 0 Å². The first-order valence-electron chi connectivity index (χ1n) is 4.46. The second-order valence-electron chi connectivity index (χ2n) is 3.27. The minimum absolute atomic E-state index is 0.0134. The van der Waals surface area contributed by atoms with Gasteiger partial charge in [-0.05, 0) is 30.2 Å². The number of aryl methyl sites for hydroxylation is 1. The summed E-state index contributed by atoms with van der Waals surface area (Å²) in [7, 11) is 0. The molecule has 14 heavy (non-hydrogen) atoms. The Morgan fingerprint density at radius 2 is 2.07 bits per heavy atom. The Morgan fingerprint density at radius 1 is 1.43 bits per heavy atom. The highest BCUT2D eigenvalue weighted by atomic mass is 19.1. The van der Waals surface area contributed by atoms with Crippen molar-refractivity contribution in [2.75, 3.05) is 13.3 Å². The van der Waals surface area contributed by atoms with Crippen LogP contribution in [0, 0.1) is 6.92 Å². The van der Waals surface area contributed by atoms with Crippen LogP contribution in [0.3, 0.4) is 0 Å². The fraction of sp³-hybridized carbons (Fsp3) is 0.400. The van der Waals surface area contributed by atoms with E-state index in [1.165, 1.54) is 0 Å². The standard InChI is InChI=1S/C10H12FNO2/c1-6-2-9-10(14-5-13-9)3-7(6)8(11)4-12/h2-3,8H,4-5,12H2,1H3. The molecule has 1 heterocycles. The molecule has 0 saturated carbocycles. The van der Waals surface area contributed by atoms with Gasteiger partial charge in [-0.2, -0.15) is 0 Å². The summed E-state index contributed by atoms with van der Waals surface area (Å²) in [6.45, 7) is 2.03. The van der Waals surface area contributed by atoms with Crippen LogP contribution in [-0.2, 0) is 0 Å². The first-order valence-corrected chi connectivity index (χ1v) is 4.46. The van der Waals surface area contributed by atoms with Gasteiger partial charge in [-0.25, -0.2) is 4.39 Å². The minimum atomic E-state index is -1.13. The molecule has 1 aromatic carbocycles. The average molecular weight is 197 g/mol. The molecular formula is C10H12FNO2. The van der Waals surface area contributed by atoms with E-state index in [0.717, 1.165) is 5.56 Å². The molecule has 0 radical (unpaired) electrons. The molecule has 0 aromatic heterocycles. The van der Waals surface area contributed by atoms with Crippen molar-refractivity contribution >= 4 is 0 Å². The summed E-state index contributed by atoms with van der Waals surface area (Å²) in [5.41, 5.74) is 6.69. The number of fused-ring (bicyclic) bond motifs is 1. The van der Waals surface area contributed by atoms with Crippen molar-refractivity contribution < 1.29 is 13.9 Å². The first-order chi connectivity index (χ1) is 6.72. The van der Waals surface area contributed by atoms with Gasteiger partial charge in [0.25, 0.3) is 0 Å². The summed E-state index contributed by atoms with van der Waals surface area (Å²) in [6.07, 6.45) is -1.13. The topological polar surface area (TPSA) is 44.5 Å². The third-order valence-corrected chi connectivity index (χ3v) is 2.31. The number of halogens is 1. The molecule has 2 N–H and O–H groups in total. The molecule has 1 atom stereocenters. The number of nitrogens with two attached hydrogens (primary N) is 1. The van der Waals surface area contributed by atoms with Crippen molar-refractivity contribution in [3.8, 4) is 11.5 Å².